The number of rotatable bonds is 9. The summed E-state index contributed by atoms with van der Waals surface area (Å²) < 4.78 is 12.2. The van der Waals surface area contributed by atoms with Gasteiger partial charge >= 0.3 is 0 Å². The first-order chi connectivity index (χ1) is 13.7. The lowest BCUT2D eigenvalue weighted by atomic mass is 10.3. The van der Waals surface area contributed by atoms with E-state index in [9.17, 15) is 9.59 Å². The number of amides is 1. The summed E-state index contributed by atoms with van der Waals surface area (Å²) in [5.41, 5.74) is 0.528. The molecule has 0 radical (unpaired) electrons. The van der Waals surface area contributed by atoms with Crippen molar-refractivity contribution in [3.63, 3.8) is 0 Å². The van der Waals surface area contributed by atoms with Crippen LogP contribution in [-0.4, -0.2) is 35.4 Å². The second-order valence-electron chi connectivity index (χ2n) is 5.80. The fourth-order valence-electron chi connectivity index (χ4n) is 2.46. The van der Waals surface area contributed by atoms with Crippen LogP contribution >= 0.6 is 11.3 Å². The third-order valence-electron chi connectivity index (χ3n) is 3.79. The number of hydrogen-bond donors (Lipinski definition) is 1. The first-order valence-corrected chi connectivity index (χ1v) is 9.78. The van der Waals surface area contributed by atoms with Crippen LogP contribution in [0.5, 0.6) is 11.5 Å². The average molecular weight is 399 g/mol. The van der Waals surface area contributed by atoms with Gasteiger partial charge < -0.3 is 14.8 Å². The Bertz CT molecular complexity index is 952. The van der Waals surface area contributed by atoms with Gasteiger partial charge in [-0.15, -0.1) is 11.3 Å². The lowest BCUT2D eigenvalue weighted by molar-refractivity contribution is -0.123. The van der Waals surface area contributed by atoms with E-state index in [2.05, 4.69) is 10.4 Å². The van der Waals surface area contributed by atoms with Crippen molar-refractivity contribution < 1.29 is 14.3 Å². The van der Waals surface area contributed by atoms with Gasteiger partial charge in [0.05, 0.1) is 18.0 Å². The molecule has 0 aliphatic heterocycles. The number of carbonyl (C=O) groups is 1. The van der Waals surface area contributed by atoms with E-state index in [0.29, 0.717) is 12.4 Å². The number of nitrogens with zero attached hydrogens (tertiary/aromatic N) is 2. The Labute approximate surface area is 166 Å². The Morgan fingerprint density at radius 3 is 2.54 bits per heavy atom. The zero-order valence-electron chi connectivity index (χ0n) is 15.5. The molecule has 0 saturated heterocycles. The number of benzene rings is 1. The second-order valence-corrected chi connectivity index (χ2v) is 6.75. The molecule has 0 unspecified atom stereocenters. The molecule has 146 valence electrons. The van der Waals surface area contributed by atoms with Crippen molar-refractivity contribution in [2.45, 2.75) is 13.5 Å². The van der Waals surface area contributed by atoms with Crippen molar-refractivity contribution >= 4 is 17.2 Å². The minimum absolute atomic E-state index is 0.106. The summed E-state index contributed by atoms with van der Waals surface area (Å²) in [4.78, 5) is 24.9. The Morgan fingerprint density at radius 1 is 1.11 bits per heavy atom. The summed E-state index contributed by atoms with van der Waals surface area (Å²) in [5, 5.41) is 9.03. The molecule has 28 heavy (non-hydrogen) atoms. The molecule has 0 spiro atoms. The summed E-state index contributed by atoms with van der Waals surface area (Å²) in [6, 6.07) is 14.1. The van der Waals surface area contributed by atoms with Crippen LogP contribution < -0.4 is 20.3 Å². The molecule has 1 N–H and O–H groups in total. The Kier molecular flexibility index (Phi) is 6.80. The van der Waals surface area contributed by atoms with E-state index in [-0.39, 0.29) is 31.2 Å². The molecular weight excluding hydrogens is 378 g/mol. The van der Waals surface area contributed by atoms with Gasteiger partial charge in [0.2, 0.25) is 0 Å². The molecule has 0 aliphatic rings. The van der Waals surface area contributed by atoms with Gasteiger partial charge in [0.25, 0.3) is 11.5 Å². The SMILES string of the molecule is CCOc1ccc(OCC(=O)NCCn2nc(-c3cccs3)ccc2=O)cc1. The Hall–Kier alpha value is -3.13. The first-order valence-electron chi connectivity index (χ1n) is 8.90. The fourth-order valence-corrected chi connectivity index (χ4v) is 3.16. The summed E-state index contributed by atoms with van der Waals surface area (Å²) in [6.45, 7) is 2.97. The predicted octanol–water partition coefficient (Wildman–Crippen LogP) is 2.57. The zero-order valence-corrected chi connectivity index (χ0v) is 16.3. The van der Waals surface area contributed by atoms with Crippen LogP contribution in [0.25, 0.3) is 10.6 Å². The molecule has 2 heterocycles. The van der Waals surface area contributed by atoms with E-state index < -0.39 is 0 Å². The van der Waals surface area contributed by atoms with Gasteiger partial charge in [-0.1, -0.05) is 6.07 Å². The van der Waals surface area contributed by atoms with Crippen molar-refractivity contribution in [2.24, 2.45) is 0 Å². The van der Waals surface area contributed by atoms with Gasteiger partial charge in [0, 0.05) is 12.6 Å². The van der Waals surface area contributed by atoms with E-state index >= 15 is 0 Å². The monoisotopic (exact) mass is 399 g/mol. The minimum Gasteiger partial charge on any atom is -0.494 e. The standard InChI is InChI=1S/C20H21N3O4S/c1-2-26-15-5-7-16(8-6-15)27-14-19(24)21-11-12-23-20(25)10-9-17(22-23)18-4-3-13-28-18/h3-10,13H,2,11-12,14H2,1H3,(H,21,24). The third-order valence-corrected chi connectivity index (χ3v) is 4.68. The molecular formula is C20H21N3O4S. The van der Waals surface area contributed by atoms with Crippen molar-refractivity contribution in [1.82, 2.24) is 15.1 Å². The highest BCUT2D eigenvalue weighted by Gasteiger charge is 2.06. The summed E-state index contributed by atoms with van der Waals surface area (Å²) in [5.74, 6) is 1.07. The quantitative estimate of drug-likeness (QED) is 0.598. The molecule has 2 aromatic heterocycles. The number of aromatic nitrogens is 2. The summed E-state index contributed by atoms with van der Waals surface area (Å²) >= 11 is 1.56. The van der Waals surface area contributed by atoms with Crippen molar-refractivity contribution in [2.75, 3.05) is 19.8 Å². The van der Waals surface area contributed by atoms with E-state index in [1.54, 1.807) is 41.7 Å². The molecule has 3 rings (SSSR count). The van der Waals surface area contributed by atoms with Gasteiger partial charge in [-0.2, -0.15) is 5.10 Å². The van der Waals surface area contributed by atoms with Gasteiger partial charge in [0.1, 0.15) is 17.2 Å². The van der Waals surface area contributed by atoms with Crippen LogP contribution in [-0.2, 0) is 11.3 Å². The predicted molar refractivity (Wildman–Crippen MR) is 108 cm³/mol. The normalized spacial score (nSPS) is 10.5. The zero-order chi connectivity index (χ0) is 19.8. The van der Waals surface area contributed by atoms with Crippen LogP contribution in [0.1, 0.15) is 6.92 Å². The van der Waals surface area contributed by atoms with Crippen LogP contribution in [0.2, 0.25) is 0 Å². The minimum atomic E-state index is -0.267. The average Bonchev–Trinajstić information content (AvgIpc) is 3.24. The Morgan fingerprint density at radius 2 is 1.86 bits per heavy atom. The smallest absolute Gasteiger partial charge is 0.266 e. The summed E-state index contributed by atoms with van der Waals surface area (Å²) in [7, 11) is 0. The van der Waals surface area contributed by atoms with Crippen molar-refractivity contribution in [3.8, 4) is 22.1 Å². The molecule has 0 saturated carbocycles. The van der Waals surface area contributed by atoms with E-state index in [0.717, 1.165) is 16.3 Å². The number of thiophene rings is 1. The van der Waals surface area contributed by atoms with Crippen LogP contribution in [0, 0.1) is 0 Å². The summed E-state index contributed by atoms with van der Waals surface area (Å²) in [6.07, 6.45) is 0. The lowest BCUT2D eigenvalue weighted by Gasteiger charge is -2.09. The lowest BCUT2D eigenvalue weighted by Crippen LogP contribution is -2.34. The molecule has 8 heteroatoms. The van der Waals surface area contributed by atoms with Gasteiger partial charge in [0.15, 0.2) is 6.61 Å². The first kappa shape index (κ1) is 19.6. The van der Waals surface area contributed by atoms with Crippen LogP contribution in [0.3, 0.4) is 0 Å². The van der Waals surface area contributed by atoms with Crippen LogP contribution in [0.4, 0.5) is 0 Å². The number of nitrogens with one attached hydrogen (secondary N) is 1. The molecule has 1 aromatic carbocycles. The number of hydrogen-bond acceptors (Lipinski definition) is 6. The maximum atomic E-state index is 12.0. The maximum Gasteiger partial charge on any atom is 0.266 e. The molecule has 0 aliphatic carbocycles. The highest BCUT2D eigenvalue weighted by molar-refractivity contribution is 7.13. The number of carbonyl (C=O) groups excluding carboxylic acids is 1. The highest BCUT2D eigenvalue weighted by atomic mass is 32.1. The van der Waals surface area contributed by atoms with Gasteiger partial charge in [-0.05, 0) is 48.7 Å². The van der Waals surface area contributed by atoms with Crippen LogP contribution in [0.15, 0.2) is 58.7 Å². The topological polar surface area (TPSA) is 82.4 Å². The van der Waals surface area contributed by atoms with E-state index in [1.807, 2.05) is 24.4 Å². The molecule has 7 nitrogen and oxygen atoms in total. The van der Waals surface area contributed by atoms with Gasteiger partial charge in [-0.25, -0.2) is 4.68 Å². The maximum absolute atomic E-state index is 12.0. The molecule has 0 fully saturated rings. The van der Waals surface area contributed by atoms with E-state index in [1.165, 1.54) is 10.7 Å². The number of ether oxygens (including phenoxy) is 2. The molecule has 0 bridgehead atoms. The van der Waals surface area contributed by atoms with Gasteiger partial charge in [-0.3, -0.25) is 9.59 Å². The largest absolute Gasteiger partial charge is 0.494 e. The fraction of sp³-hybridized carbons (Fsp3) is 0.250. The van der Waals surface area contributed by atoms with Crippen molar-refractivity contribution in [3.05, 3.63) is 64.3 Å². The van der Waals surface area contributed by atoms with E-state index in [4.69, 9.17) is 9.47 Å². The third kappa shape index (κ3) is 5.43. The molecule has 0 atom stereocenters. The molecule has 1 amide bonds. The highest BCUT2D eigenvalue weighted by Crippen LogP contribution is 2.21. The molecule has 3 aromatic rings. The Balaban J connectivity index is 1.46. The van der Waals surface area contributed by atoms with Crippen molar-refractivity contribution in [1.29, 1.82) is 0 Å². The second kappa shape index (κ2) is 9.70.